The van der Waals surface area contributed by atoms with Crippen molar-refractivity contribution in [3.63, 3.8) is 0 Å². The van der Waals surface area contributed by atoms with Gasteiger partial charge in [0.25, 0.3) is 0 Å². The van der Waals surface area contributed by atoms with E-state index in [4.69, 9.17) is 9.47 Å². The molecule has 0 radical (unpaired) electrons. The lowest BCUT2D eigenvalue weighted by Gasteiger charge is -2.37. The molecule has 0 bridgehead atoms. The Morgan fingerprint density at radius 2 is 1.53 bits per heavy atom. The van der Waals surface area contributed by atoms with Crippen molar-refractivity contribution in [2.75, 3.05) is 13.6 Å². The van der Waals surface area contributed by atoms with Gasteiger partial charge in [-0.1, -0.05) is 13.8 Å². The van der Waals surface area contributed by atoms with Crippen LogP contribution in [0, 0.1) is 0 Å². The van der Waals surface area contributed by atoms with Crippen LogP contribution in [0.15, 0.2) is 0 Å². The molecule has 0 spiro atoms. The fourth-order valence-corrected chi connectivity index (χ4v) is 2.37. The van der Waals surface area contributed by atoms with Crippen molar-refractivity contribution in [3.8, 4) is 0 Å². The Morgan fingerprint density at radius 3 is 1.95 bits per heavy atom. The summed E-state index contributed by atoms with van der Waals surface area (Å²) in [6.07, 6.45) is 3.39. The molecule has 0 aliphatic heterocycles. The summed E-state index contributed by atoms with van der Waals surface area (Å²) in [5.41, 5.74) is -0.163. The van der Waals surface area contributed by atoms with Crippen molar-refractivity contribution in [2.45, 2.75) is 91.1 Å². The summed E-state index contributed by atoms with van der Waals surface area (Å²) < 4.78 is 12.3. The molecule has 3 nitrogen and oxygen atoms in total. The van der Waals surface area contributed by atoms with E-state index < -0.39 is 0 Å². The molecule has 19 heavy (non-hydrogen) atoms. The first kappa shape index (κ1) is 18.9. The van der Waals surface area contributed by atoms with Gasteiger partial charge < -0.3 is 14.8 Å². The highest BCUT2D eigenvalue weighted by molar-refractivity contribution is 4.80. The smallest absolute Gasteiger partial charge is 0.0680 e. The average Bonchev–Trinajstić information content (AvgIpc) is 2.28. The highest BCUT2D eigenvalue weighted by atomic mass is 16.5. The monoisotopic (exact) mass is 273 g/mol. The quantitative estimate of drug-likeness (QED) is 0.657. The van der Waals surface area contributed by atoms with Gasteiger partial charge in [-0.3, -0.25) is 0 Å². The molecule has 3 heteroatoms. The number of hydrogen-bond donors (Lipinski definition) is 1. The molecule has 0 aliphatic carbocycles. The molecule has 116 valence electrons. The second-order valence-corrected chi connectivity index (χ2v) is 6.54. The molecule has 0 aromatic heterocycles. The minimum absolute atomic E-state index is 0.0509. The van der Waals surface area contributed by atoms with Gasteiger partial charge in [-0.15, -0.1) is 0 Å². The topological polar surface area (TPSA) is 30.5 Å². The van der Waals surface area contributed by atoms with Crippen LogP contribution in [0.5, 0.6) is 0 Å². The summed E-state index contributed by atoms with van der Waals surface area (Å²) >= 11 is 0. The van der Waals surface area contributed by atoms with Crippen LogP contribution < -0.4 is 5.32 Å². The molecule has 0 saturated carbocycles. The maximum absolute atomic E-state index is 6.20. The van der Waals surface area contributed by atoms with Gasteiger partial charge in [0.15, 0.2) is 0 Å². The van der Waals surface area contributed by atoms with Crippen LogP contribution in [-0.4, -0.2) is 37.0 Å². The van der Waals surface area contributed by atoms with Gasteiger partial charge in [0.2, 0.25) is 0 Å². The summed E-state index contributed by atoms with van der Waals surface area (Å²) in [6, 6.07) is 0. The van der Waals surface area contributed by atoms with E-state index in [0.29, 0.717) is 0 Å². The molecule has 0 heterocycles. The number of ether oxygens (including phenoxy) is 2. The van der Waals surface area contributed by atoms with Gasteiger partial charge in [0, 0.05) is 13.0 Å². The SMILES string of the molecule is CCC(C)(C)O[C@H](C)CC(C)(CC)OC(C)CNC. The molecule has 0 fully saturated rings. The van der Waals surface area contributed by atoms with Gasteiger partial charge in [0.1, 0.15) is 0 Å². The molecular weight excluding hydrogens is 238 g/mol. The molecule has 0 rings (SSSR count). The Balaban J connectivity index is 4.44. The van der Waals surface area contributed by atoms with Gasteiger partial charge in [-0.05, 0) is 54.5 Å². The zero-order valence-corrected chi connectivity index (χ0v) is 14.3. The van der Waals surface area contributed by atoms with Crippen molar-refractivity contribution in [1.82, 2.24) is 5.32 Å². The highest BCUT2D eigenvalue weighted by Gasteiger charge is 2.30. The maximum Gasteiger partial charge on any atom is 0.0680 e. The Hall–Kier alpha value is -0.120. The van der Waals surface area contributed by atoms with Crippen molar-refractivity contribution in [1.29, 1.82) is 0 Å². The lowest BCUT2D eigenvalue weighted by molar-refractivity contribution is -0.131. The Labute approximate surface area is 120 Å². The minimum Gasteiger partial charge on any atom is -0.373 e. The van der Waals surface area contributed by atoms with E-state index in [9.17, 15) is 0 Å². The second-order valence-electron chi connectivity index (χ2n) is 6.54. The molecule has 0 aromatic carbocycles. The standard InChI is InChI=1S/C16H35NO2/c1-9-15(5,6)18-13(3)11-16(7,10-2)19-14(4)12-17-8/h13-14,17H,9-12H2,1-8H3/t13-,14?,16?/m1/s1. The lowest BCUT2D eigenvalue weighted by atomic mass is 9.94. The van der Waals surface area contributed by atoms with Gasteiger partial charge >= 0.3 is 0 Å². The van der Waals surface area contributed by atoms with E-state index in [2.05, 4.69) is 53.8 Å². The number of rotatable bonds is 10. The molecule has 3 atom stereocenters. The summed E-state index contributed by atoms with van der Waals surface area (Å²) in [5.74, 6) is 0. The van der Waals surface area contributed by atoms with Crippen LogP contribution in [0.4, 0.5) is 0 Å². The van der Waals surface area contributed by atoms with Crippen molar-refractivity contribution >= 4 is 0 Å². The largest absolute Gasteiger partial charge is 0.373 e. The van der Waals surface area contributed by atoms with Gasteiger partial charge in [0.05, 0.1) is 23.4 Å². The third-order valence-corrected chi connectivity index (χ3v) is 3.82. The van der Waals surface area contributed by atoms with E-state index in [-0.39, 0.29) is 23.4 Å². The van der Waals surface area contributed by atoms with Gasteiger partial charge in [-0.25, -0.2) is 0 Å². The first-order chi connectivity index (χ1) is 8.68. The Bertz CT molecular complexity index is 243. The normalized spacial score (nSPS) is 18.9. The summed E-state index contributed by atoms with van der Waals surface area (Å²) in [4.78, 5) is 0. The molecule has 0 saturated heterocycles. The molecular formula is C16H35NO2. The second kappa shape index (κ2) is 8.23. The van der Waals surface area contributed by atoms with Crippen LogP contribution in [0.1, 0.15) is 67.7 Å². The fourth-order valence-electron chi connectivity index (χ4n) is 2.37. The van der Waals surface area contributed by atoms with Crippen molar-refractivity contribution in [3.05, 3.63) is 0 Å². The summed E-state index contributed by atoms with van der Waals surface area (Å²) in [7, 11) is 1.96. The summed E-state index contributed by atoms with van der Waals surface area (Å²) in [5, 5.41) is 3.16. The number of likely N-dealkylation sites (N-methyl/N-ethyl adjacent to an activating group) is 1. The maximum atomic E-state index is 6.20. The molecule has 2 unspecified atom stereocenters. The number of hydrogen-bond acceptors (Lipinski definition) is 3. The Morgan fingerprint density at radius 1 is 0.947 bits per heavy atom. The zero-order valence-electron chi connectivity index (χ0n) is 14.3. The van der Waals surface area contributed by atoms with E-state index in [1.54, 1.807) is 0 Å². The van der Waals surface area contributed by atoms with E-state index in [1.807, 2.05) is 7.05 Å². The predicted molar refractivity (Wildman–Crippen MR) is 82.7 cm³/mol. The third kappa shape index (κ3) is 7.91. The van der Waals surface area contributed by atoms with Crippen LogP contribution in [0.2, 0.25) is 0 Å². The Kier molecular flexibility index (Phi) is 8.18. The van der Waals surface area contributed by atoms with Crippen molar-refractivity contribution < 1.29 is 9.47 Å². The van der Waals surface area contributed by atoms with Crippen LogP contribution >= 0.6 is 0 Å². The van der Waals surface area contributed by atoms with Crippen LogP contribution in [-0.2, 0) is 9.47 Å². The first-order valence-electron chi connectivity index (χ1n) is 7.68. The predicted octanol–water partition coefficient (Wildman–Crippen LogP) is 3.76. The van der Waals surface area contributed by atoms with E-state index >= 15 is 0 Å². The van der Waals surface area contributed by atoms with E-state index in [0.717, 1.165) is 25.8 Å². The molecule has 0 amide bonds. The fraction of sp³-hybridized carbons (Fsp3) is 1.00. The van der Waals surface area contributed by atoms with Crippen molar-refractivity contribution in [2.24, 2.45) is 0 Å². The number of nitrogens with one attached hydrogen (secondary N) is 1. The summed E-state index contributed by atoms with van der Waals surface area (Å²) in [6.45, 7) is 16.0. The minimum atomic E-state index is -0.112. The van der Waals surface area contributed by atoms with Gasteiger partial charge in [-0.2, -0.15) is 0 Å². The van der Waals surface area contributed by atoms with E-state index in [1.165, 1.54) is 0 Å². The molecule has 1 N–H and O–H groups in total. The van der Waals surface area contributed by atoms with Crippen LogP contribution in [0.3, 0.4) is 0 Å². The first-order valence-corrected chi connectivity index (χ1v) is 7.68. The molecule has 0 aromatic rings. The lowest BCUT2D eigenvalue weighted by Crippen LogP contribution is -2.40. The highest BCUT2D eigenvalue weighted by Crippen LogP contribution is 2.27. The molecule has 0 aliphatic rings. The van der Waals surface area contributed by atoms with Crippen LogP contribution in [0.25, 0.3) is 0 Å². The zero-order chi connectivity index (χ0) is 15.1. The average molecular weight is 273 g/mol. The third-order valence-electron chi connectivity index (χ3n) is 3.82.